The lowest BCUT2D eigenvalue weighted by atomic mass is 9.85. The second kappa shape index (κ2) is 9.60. The van der Waals surface area contributed by atoms with Crippen LogP contribution in [0, 0.1) is 5.92 Å². The van der Waals surface area contributed by atoms with Crippen molar-refractivity contribution in [3.05, 3.63) is 53.5 Å². The highest BCUT2D eigenvalue weighted by molar-refractivity contribution is 5.96. The second-order valence-corrected chi connectivity index (χ2v) is 9.94. The van der Waals surface area contributed by atoms with Gasteiger partial charge >= 0.3 is 6.18 Å². The van der Waals surface area contributed by atoms with Crippen LogP contribution in [0.3, 0.4) is 0 Å². The smallest absolute Gasteiger partial charge is 0.386 e. The molecule has 1 aliphatic carbocycles. The number of benzene rings is 1. The number of alkyl halides is 3. The number of pyridine rings is 1. The fourth-order valence-electron chi connectivity index (χ4n) is 4.80. The van der Waals surface area contributed by atoms with Crippen LogP contribution >= 0.6 is 0 Å². The van der Waals surface area contributed by atoms with E-state index in [1.807, 2.05) is 10.9 Å². The molecular formula is C26H31F3N4O2. The molecule has 188 valence electrons. The summed E-state index contributed by atoms with van der Waals surface area (Å²) in [5.41, 5.74) is -0.696. The Bertz CT molecular complexity index is 1210. The van der Waals surface area contributed by atoms with Gasteiger partial charge in [0.2, 0.25) is 5.91 Å². The number of nitrogens with zero attached hydrogens (tertiary/aromatic N) is 3. The highest BCUT2D eigenvalue weighted by Gasteiger charge is 2.32. The maximum atomic E-state index is 13.0. The fraction of sp³-hybridized carbons (Fsp3) is 0.500. The van der Waals surface area contributed by atoms with Gasteiger partial charge in [0.25, 0.3) is 0 Å². The van der Waals surface area contributed by atoms with Gasteiger partial charge in [-0.1, -0.05) is 19.4 Å². The zero-order valence-corrected chi connectivity index (χ0v) is 20.2. The van der Waals surface area contributed by atoms with Crippen LogP contribution in [0.25, 0.3) is 10.9 Å². The molecule has 35 heavy (non-hydrogen) atoms. The van der Waals surface area contributed by atoms with Gasteiger partial charge in [0.15, 0.2) is 0 Å². The van der Waals surface area contributed by atoms with Crippen LogP contribution in [0.2, 0.25) is 0 Å². The highest BCUT2D eigenvalue weighted by Crippen LogP contribution is 2.36. The summed E-state index contributed by atoms with van der Waals surface area (Å²) in [5, 5.41) is 19.1. The number of fused-ring (bicyclic) bond motifs is 1. The van der Waals surface area contributed by atoms with Crippen LogP contribution in [0.15, 0.2) is 36.5 Å². The van der Waals surface area contributed by atoms with Gasteiger partial charge in [0, 0.05) is 22.8 Å². The van der Waals surface area contributed by atoms with Crippen molar-refractivity contribution in [3.63, 3.8) is 0 Å². The summed E-state index contributed by atoms with van der Waals surface area (Å²) in [5.74, 6) is 0.248. The highest BCUT2D eigenvalue weighted by atomic mass is 19.4. The molecule has 1 aromatic carbocycles. The van der Waals surface area contributed by atoms with E-state index in [-0.39, 0.29) is 12.1 Å². The molecule has 2 heterocycles. The minimum Gasteiger partial charge on any atom is -0.386 e. The predicted molar refractivity (Wildman–Crippen MR) is 128 cm³/mol. The molecule has 1 amide bonds. The van der Waals surface area contributed by atoms with Crippen LogP contribution in [0.4, 0.5) is 18.9 Å². The first-order valence-electron chi connectivity index (χ1n) is 12.0. The summed E-state index contributed by atoms with van der Waals surface area (Å²) in [6.07, 6.45) is 2.74. The van der Waals surface area contributed by atoms with E-state index >= 15 is 0 Å². The Hall–Kier alpha value is -2.94. The van der Waals surface area contributed by atoms with Gasteiger partial charge in [0.1, 0.15) is 5.69 Å². The second-order valence-electron chi connectivity index (χ2n) is 9.94. The number of amides is 1. The van der Waals surface area contributed by atoms with E-state index in [1.54, 1.807) is 26.0 Å². The van der Waals surface area contributed by atoms with Crippen molar-refractivity contribution < 1.29 is 23.1 Å². The molecule has 1 saturated carbocycles. The fourth-order valence-corrected chi connectivity index (χ4v) is 4.80. The van der Waals surface area contributed by atoms with Crippen molar-refractivity contribution in [2.24, 2.45) is 5.92 Å². The van der Waals surface area contributed by atoms with Crippen molar-refractivity contribution in [2.45, 2.75) is 77.1 Å². The number of carbonyl (C=O) groups excluding carboxylic acids is 1. The van der Waals surface area contributed by atoms with Gasteiger partial charge in [-0.05, 0) is 69.7 Å². The lowest BCUT2D eigenvalue weighted by Crippen LogP contribution is -2.22. The SMILES string of the molecule is CCC1CCC(n2cc3cc(NC(=O)Cc4cccc(C(F)(F)F)n4)c(C(C)(C)O)cc3n2)CC1. The number of rotatable bonds is 6. The molecule has 2 N–H and O–H groups in total. The first-order chi connectivity index (χ1) is 16.4. The number of hydrogen-bond donors (Lipinski definition) is 2. The van der Waals surface area contributed by atoms with E-state index < -0.39 is 23.4 Å². The summed E-state index contributed by atoms with van der Waals surface area (Å²) in [4.78, 5) is 16.3. The van der Waals surface area contributed by atoms with Crippen LogP contribution < -0.4 is 5.32 Å². The average molecular weight is 489 g/mol. The molecule has 0 saturated heterocycles. The zero-order chi connectivity index (χ0) is 25.4. The number of carbonyl (C=O) groups is 1. The van der Waals surface area contributed by atoms with E-state index in [4.69, 9.17) is 5.10 Å². The van der Waals surface area contributed by atoms with Crippen LogP contribution in [0.1, 0.15) is 75.9 Å². The van der Waals surface area contributed by atoms with Crippen LogP contribution in [-0.2, 0) is 23.0 Å². The molecule has 0 radical (unpaired) electrons. The lowest BCUT2D eigenvalue weighted by molar-refractivity contribution is -0.141. The van der Waals surface area contributed by atoms with Gasteiger partial charge in [-0.25, -0.2) is 4.98 Å². The van der Waals surface area contributed by atoms with Gasteiger partial charge in [0.05, 0.1) is 29.3 Å². The Balaban J connectivity index is 1.58. The van der Waals surface area contributed by atoms with Crippen molar-refractivity contribution in [1.82, 2.24) is 14.8 Å². The summed E-state index contributed by atoms with van der Waals surface area (Å²) >= 11 is 0. The molecule has 4 rings (SSSR count). The van der Waals surface area contributed by atoms with Gasteiger partial charge < -0.3 is 10.4 Å². The topological polar surface area (TPSA) is 80.0 Å². The molecule has 6 nitrogen and oxygen atoms in total. The number of halogens is 3. The monoisotopic (exact) mass is 488 g/mol. The van der Waals surface area contributed by atoms with Gasteiger partial charge in [-0.3, -0.25) is 9.48 Å². The molecule has 2 aromatic heterocycles. The Morgan fingerprint density at radius 2 is 1.89 bits per heavy atom. The molecule has 0 unspecified atom stereocenters. The van der Waals surface area contributed by atoms with Crippen molar-refractivity contribution in [2.75, 3.05) is 5.32 Å². The maximum Gasteiger partial charge on any atom is 0.433 e. The standard InChI is InChI=1S/C26H31F3N4O2/c1-4-16-8-10-19(11-9-16)33-15-17-12-22(20(25(2,3)35)14-21(17)32-33)31-24(34)13-18-6-5-7-23(30-18)26(27,28)29/h5-7,12,14-16,19,35H,4,8-11,13H2,1-3H3,(H,31,34). The molecule has 9 heteroatoms. The van der Waals surface area contributed by atoms with Gasteiger partial charge in [-0.15, -0.1) is 0 Å². The van der Waals surface area contributed by atoms with E-state index in [0.717, 1.165) is 35.7 Å². The number of anilines is 1. The van der Waals surface area contributed by atoms with E-state index in [9.17, 15) is 23.1 Å². The number of aromatic nitrogens is 3. The molecule has 0 atom stereocenters. The zero-order valence-electron chi connectivity index (χ0n) is 20.2. The Labute approximate surface area is 202 Å². The van der Waals surface area contributed by atoms with E-state index in [0.29, 0.717) is 17.3 Å². The predicted octanol–water partition coefficient (Wildman–Crippen LogP) is 6.00. The molecule has 3 aromatic rings. The molecule has 0 spiro atoms. The average Bonchev–Trinajstić information content (AvgIpc) is 3.20. The number of aliphatic hydroxyl groups is 1. The van der Waals surface area contributed by atoms with Crippen LogP contribution in [-0.4, -0.2) is 25.8 Å². The summed E-state index contributed by atoms with van der Waals surface area (Å²) in [7, 11) is 0. The summed E-state index contributed by atoms with van der Waals surface area (Å²) < 4.78 is 40.9. The summed E-state index contributed by atoms with van der Waals surface area (Å²) in [6, 6.07) is 7.33. The van der Waals surface area contributed by atoms with E-state index in [1.165, 1.54) is 31.4 Å². The Morgan fingerprint density at radius 1 is 1.17 bits per heavy atom. The number of nitrogens with one attached hydrogen (secondary N) is 1. The van der Waals surface area contributed by atoms with Gasteiger partial charge in [-0.2, -0.15) is 18.3 Å². The van der Waals surface area contributed by atoms with Crippen LogP contribution in [0.5, 0.6) is 0 Å². The van der Waals surface area contributed by atoms with E-state index in [2.05, 4.69) is 17.2 Å². The Morgan fingerprint density at radius 3 is 2.51 bits per heavy atom. The summed E-state index contributed by atoms with van der Waals surface area (Å²) in [6.45, 7) is 5.45. The third-order valence-electron chi connectivity index (χ3n) is 6.80. The minimum absolute atomic E-state index is 0.0127. The lowest BCUT2D eigenvalue weighted by Gasteiger charge is -2.27. The largest absolute Gasteiger partial charge is 0.433 e. The molecule has 1 aliphatic rings. The maximum absolute atomic E-state index is 13.0. The third-order valence-corrected chi connectivity index (χ3v) is 6.80. The van der Waals surface area contributed by atoms with Crippen molar-refractivity contribution in [3.8, 4) is 0 Å². The molecule has 0 aliphatic heterocycles. The first kappa shape index (κ1) is 25.2. The normalized spacial score (nSPS) is 19.2. The van der Waals surface area contributed by atoms with Crippen molar-refractivity contribution in [1.29, 1.82) is 0 Å². The Kier molecular flexibility index (Phi) is 6.90. The minimum atomic E-state index is -4.58. The number of hydrogen-bond acceptors (Lipinski definition) is 4. The molecular weight excluding hydrogens is 457 g/mol. The van der Waals surface area contributed by atoms with Crippen molar-refractivity contribution >= 4 is 22.5 Å². The first-order valence-corrected chi connectivity index (χ1v) is 12.0. The molecule has 0 bridgehead atoms. The third kappa shape index (κ3) is 5.83. The quantitative estimate of drug-likeness (QED) is 0.446. The molecule has 1 fully saturated rings.